The van der Waals surface area contributed by atoms with E-state index in [1.54, 1.807) is 0 Å². The molecule has 2 heterocycles. The van der Waals surface area contributed by atoms with Gasteiger partial charge >= 0.3 is 0 Å². The lowest BCUT2D eigenvalue weighted by Crippen LogP contribution is -2.14. The molecular formula is C48H33N3S. The van der Waals surface area contributed by atoms with E-state index in [2.05, 4.69) is 117 Å². The van der Waals surface area contributed by atoms with Crippen LogP contribution in [0.2, 0.25) is 0 Å². The van der Waals surface area contributed by atoms with Crippen molar-refractivity contribution >= 4 is 31.5 Å². The first-order valence-electron chi connectivity index (χ1n) is 17.7. The monoisotopic (exact) mass is 683 g/mol. The van der Waals surface area contributed by atoms with E-state index in [0.717, 1.165) is 22.3 Å². The van der Waals surface area contributed by atoms with Gasteiger partial charge < -0.3 is 0 Å². The van der Waals surface area contributed by atoms with Crippen LogP contribution < -0.4 is 0 Å². The Hall–Kier alpha value is -6.23. The molecule has 0 spiro atoms. The highest BCUT2D eigenvalue weighted by Crippen LogP contribution is 2.54. The lowest BCUT2D eigenvalue weighted by atomic mass is 9.81. The molecule has 0 radical (unpaired) electrons. The summed E-state index contributed by atoms with van der Waals surface area (Å²) in [6, 6.07) is 58.2. The standard InChI is InChI=1S/C48H33N3S/c1-48(2)40-27-26-38-37-18-9-10-19-42(37)52-44(38)43(40)39-25-24-36(29-41(39)48)35-17-11-16-34(28-35)30-20-22-33(23-21-30)47-50-45(31-12-5-3-6-13-31)49-46(51-47)32-14-7-4-8-15-32/h3-29H,1-2H3. The quantitative estimate of drug-likeness (QED) is 0.181. The van der Waals surface area contributed by atoms with E-state index in [1.165, 1.54) is 59.1 Å². The smallest absolute Gasteiger partial charge is 0.164 e. The molecule has 0 unspecified atom stereocenters. The first kappa shape index (κ1) is 30.6. The van der Waals surface area contributed by atoms with Crippen LogP contribution >= 0.6 is 11.3 Å². The Labute approximate surface area is 307 Å². The Morgan fingerprint density at radius 1 is 0.404 bits per heavy atom. The minimum atomic E-state index is -0.0890. The highest BCUT2D eigenvalue weighted by molar-refractivity contribution is 7.26. The van der Waals surface area contributed by atoms with E-state index in [1.807, 2.05) is 72.0 Å². The maximum atomic E-state index is 4.92. The van der Waals surface area contributed by atoms with Crippen LogP contribution in [0.1, 0.15) is 25.0 Å². The van der Waals surface area contributed by atoms with Crippen molar-refractivity contribution in [2.45, 2.75) is 19.3 Å². The molecule has 0 amide bonds. The molecule has 1 aliphatic carbocycles. The van der Waals surface area contributed by atoms with Gasteiger partial charge in [0.05, 0.1) is 0 Å². The zero-order chi connectivity index (χ0) is 34.8. The second-order valence-corrected chi connectivity index (χ2v) is 15.1. The van der Waals surface area contributed by atoms with Crippen molar-refractivity contribution < 1.29 is 0 Å². The van der Waals surface area contributed by atoms with Gasteiger partial charge in [-0.15, -0.1) is 11.3 Å². The van der Waals surface area contributed by atoms with Crippen LogP contribution in [0.5, 0.6) is 0 Å². The van der Waals surface area contributed by atoms with E-state index >= 15 is 0 Å². The molecule has 0 saturated carbocycles. The van der Waals surface area contributed by atoms with Gasteiger partial charge in [0, 0.05) is 47.8 Å². The molecule has 0 saturated heterocycles. The first-order valence-corrected chi connectivity index (χ1v) is 18.5. The van der Waals surface area contributed by atoms with E-state index in [4.69, 9.17) is 15.0 Å². The second kappa shape index (κ2) is 11.9. The molecular weight excluding hydrogens is 651 g/mol. The molecule has 0 bridgehead atoms. The van der Waals surface area contributed by atoms with E-state index in [-0.39, 0.29) is 5.41 Å². The van der Waals surface area contributed by atoms with Gasteiger partial charge in [-0.05, 0) is 57.1 Å². The third-order valence-electron chi connectivity index (χ3n) is 10.6. The van der Waals surface area contributed by atoms with Crippen LogP contribution in [0.15, 0.2) is 164 Å². The molecule has 0 fully saturated rings. The van der Waals surface area contributed by atoms with Crippen molar-refractivity contribution in [2.24, 2.45) is 0 Å². The van der Waals surface area contributed by atoms with Crippen molar-refractivity contribution in [3.05, 3.63) is 175 Å². The molecule has 1 aliphatic rings. The molecule has 3 nitrogen and oxygen atoms in total. The van der Waals surface area contributed by atoms with Crippen molar-refractivity contribution in [3.63, 3.8) is 0 Å². The van der Waals surface area contributed by atoms with Crippen LogP contribution in [0.4, 0.5) is 0 Å². The number of thiophene rings is 1. The summed E-state index contributed by atoms with van der Waals surface area (Å²) in [7, 11) is 0. The van der Waals surface area contributed by atoms with Crippen LogP contribution in [0, 0.1) is 0 Å². The maximum absolute atomic E-state index is 4.92. The normalized spacial score (nSPS) is 13.0. The Morgan fingerprint density at radius 2 is 0.923 bits per heavy atom. The minimum Gasteiger partial charge on any atom is -0.208 e. The van der Waals surface area contributed by atoms with Crippen molar-refractivity contribution in [1.29, 1.82) is 0 Å². The number of rotatable bonds is 5. The fraction of sp³-hybridized carbons (Fsp3) is 0.0625. The highest BCUT2D eigenvalue weighted by Gasteiger charge is 2.37. The average Bonchev–Trinajstić information content (AvgIpc) is 3.70. The van der Waals surface area contributed by atoms with Crippen molar-refractivity contribution in [1.82, 2.24) is 15.0 Å². The fourth-order valence-electron chi connectivity index (χ4n) is 7.81. The number of hydrogen-bond donors (Lipinski definition) is 0. The number of benzene rings is 7. The summed E-state index contributed by atoms with van der Waals surface area (Å²) in [6.07, 6.45) is 0. The molecule has 0 aliphatic heterocycles. The average molecular weight is 684 g/mol. The Balaban J connectivity index is 0.998. The molecule has 7 aromatic carbocycles. The lowest BCUT2D eigenvalue weighted by molar-refractivity contribution is 0.661. The lowest BCUT2D eigenvalue weighted by Gasteiger charge is -2.22. The Kier molecular flexibility index (Phi) is 7.02. The SMILES string of the molecule is CC1(C)c2cc(-c3cccc(-c4ccc(-c5nc(-c6ccccc6)nc(-c6ccccc6)n5)cc4)c3)ccc2-c2c1ccc1c2sc2ccccc21. The molecule has 0 atom stereocenters. The minimum absolute atomic E-state index is 0.0890. The number of hydrogen-bond acceptors (Lipinski definition) is 4. The number of aromatic nitrogens is 3. The van der Waals surface area contributed by atoms with E-state index < -0.39 is 0 Å². The topological polar surface area (TPSA) is 38.7 Å². The summed E-state index contributed by atoms with van der Waals surface area (Å²) >= 11 is 1.92. The summed E-state index contributed by atoms with van der Waals surface area (Å²) in [5, 5.41) is 2.70. The summed E-state index contributed by atoms with van der Waals surface area (Å²) in [4.78, 5) is 14.7. The largest absolute Gasteiger partial charge is 0.208 e. The predicted octanol–water partition coefficient (Wildman–Crippen LogP) is 12.9. The van der Waals surface area contributed by atoms with Gasteiger partial charge in [-0.25, -0.2) is 15.0 Å². The molecule has 10 rings (SSSR count). The highest BCUT2D eigenvalue weighted by atomic mass is 32.1. The van der Waals surface area contributed by atoms with Gasteiger partial charge in [0.25, 0.3) is 0 Å². The maximum Gasteiger partial charge on any atom is 0.164 e. The van der Waals surface area contributed by atoms with Gasteiger partial charge in [-0.2, -0.15) is 0 Å². The molecule has 0 N–H and O–H groups in total. The van der Waals surface area contributed by atoms with Gasteiger partial charge in [-0.1, -0.05) is 159 Å². The van der Waals surface area contributed by atoms with Gasteiger partial charge in [0.15, 0.2) is 17.5 Å². The summed E-state index contributed by atoms with van der Waals surface area (Å²) < 4.78 is 2.74. The second-order valence-electron chi connectivity index (χ2n) is 14.0. The van der Waals surface area contributed by atoms with Crippen LogP contribution in [-0.2, 0) is 5.41 Å². The number of nitrogens with zero attached hydrogens (tertiary/aromatic N) is 3. The van der Waals surface area contributed by atoms with Crippen LogP contribution in [0.3, 0.4) is 0 Å². The van der Waals surface area contributed by atoms with Crippen LogP contribution in [-0.4, -0.2) is 15.0 Å². The Bertz CT molecular complexity index is 2740. The zero-order valence-electron chi connectivity index (χ0n) is 28.8. The number of fused-ring (bicyclic) bond motifs is 7. The molecule has 52 heavy (non-hydrogen) atoms. The Morgan fingerprint density at radius 3 is 1.60 bits per heavy atom. The van der Waals surface area contributed by atoms with Gasteiger partial charge in [-0.3, -0.25) is 0 Å². The predicted molar refractivity (Wildman–Crippen MR) is 217 cm³/mol. The van der Waals surface area contributed by atoms with E-state index in [0.29, 0.717) is 17.5 Å². The van der Waals surface area contributed by atoms with Crippen molar-refractivity contribution in [3.8, 4) is 67.5 Å². The summed E-state index contributed by atoms with van der Waals surface area (Å²) in [6.45, 7) is 4.74. The van der Waals surface area contributed by atoms with Crippen molar-refractivity contribution in [2.75, 3.05) is 0 Å². The molecule has 2 aromatic heterocycles. The van der Waals surface area contributed by atoms with Crippen LogP contribution in [0.25, 0.3) is 87.7 Å². The first-order chi connectivity index (χ1) is 25.5. The van der Waals surface area contributed by atoms with Gasteiger partial charge in [0.1, 0.15) is 0 Å². The third-order valence-corrected chi connectivity index (χ3v) is 11.8. The molecule has 4 heteroatoms. The fourth-order valence-corrected chi connectivity index (χ4v) is 9.07. The molecule has 246 valence electrons. The third kappa shape index (κ3) is 4.98. The van der Waals surface area contributed by atoms with E-state index in [9.17, 15) is 0 Å². The summed E-state index contributed by atoms with van der Waals surface area (Å²) in [5.74, 6) is 1.98. The summed E-state index contributed by atoms with van der Waals surface area (Å²) in [5.41, 5.74) is 13.1. The zero-order valence-corrected chi connectivity index (χ0v) is 29.7. The van der Waals surface area contributed by atoms with Gasteiger partial charge in [0.2, 0.25) is 0 Å². The molecule has 9 aromatic rings.